The molecule has 0 amide bonds. The molecular formula is C9H14N2O3S. The van der Waals surface area contributed by atoms with E-state index in [1.807, 2.05) is 0 Å². The van der Waals surface area contributed by atoms with E-state index in [4.69, 9.17) is 17.0 Å². The highest BCUT2D eigenvalue weighted by atomic mass is 32.1. The zero-order valence-electron chi connectivity index (χ0n) is 8.52. The molecule has 0 aliphatic rings. The van der Waals surface area contributed by atoms with E-state index in [9.17, 15) is 9.90 Å². The van der Waals surface area contributed by atoms with Gasteiger partial charge in [0.25, 0.3) is 0 Å². The van der Waals surface area contributed by atoms with E-state index in [0.29, 0.717) is 30.8 Å². The van der Waals surface area contributed by atoms with Crippen molar-refractivity contribution < 1.29 is 14.6 Å². The molecule has 0 unspecified atom stereocenters. The van der Waals surface area contributed by atoms with Crippen molar-refractivity contribution in [1.82, 2.24) is 9.55 Å². The minimum Gasteiger partial charge on any atom is -0.493 e. The van der Waals surface area contributed by atoms with Crippen molar-refractivity contribution in [2.45, 2.75) is 26.3 Å². The average Bonchev–Trinajstić information content (AvgIpc) is 2.49. The molecule has 2 N–H and O–H groups in total. The van der Waals surface area contributed by atoms with Gasteiger partial charge in [0.15, 0.2) is 4.77 Å². The minimum absolute atomic E-state index is 0.0869. The summed E-state index contributed by atoms with van der Waals surface area (Å²) in [7, 11) is 0. The van der Waals surface area contributed by atoms with Crippen molar-refractivity contribution in [3.63, 3.8) is 0 Å². The fourth-order valence-electron chi connectivity index (χ4n) is 1.22. The predicted octanol–water partition coefficient (Wildman–Crippen LogP) is 1.59. The zero-order valence-corrected chi connectivity index (χ0v) is 9.34. The lowest BCUT2D eigenvalue weighted by Crippen LogP contribution is -2.06. The standard InChI is InChI=1S/C9H14N2O3S/c1-2-14-8(13)4-3-5-11-7(12)6-10-9(11)15/h6,12H,2-5H2,1H3,(H,10,15). The smallest absolute Gasteiger partial charge is 0.305 e. The molecule has 0 fully saturated rings. The highest BCUT2D eigenvalue weighted by molar-refractivity contribution is 7.71. The second-order valence-corrected chi connectivity index (χ2v) is 3.40. The van der Waals surface area contributed by atoms with Crippen LogP contribution in [-0.4, -0.2) is 27.2 Å². The first-order chi connectivity index (χ1) is 7.15. The molecule has 0 radical (unpaired) electrons. The topological polar surface area (TPSA) is 67.2 Å². The molecular weight excluding hydrogens is 216 g/mol. The van der Waals surface area contributed by atoms with Gasteiger partial charge in [0.2, 0.25) is 5.88 Å². The molecule has 1 aromatic rings. The van der Waals surface area contributed by atoms with Gasteiger partial charge in [0.05, 0.1) is 12.8 Å². The monoisotopic (exact) mass is 230 g/mol. The number of hydrogen-bond donors (Lipinski definition) is 2. The van der Waals surface area contributed by atoms with Crippen LogP contribution in [0.4, 0.5) is 0 Å². The molecule has 0 bridgehead atoms. The first-order valence-corrected chi connectivity index (χ1v) is 5.18. The fourth-order valence-corrected chi connectivity index (χ4v) is 1.46. The zero-order chi connectivity index (χ0) is 11.3. The summed E-state index contributed by atoms with van der Waals surface area (Å²) in [6, 6.07) is 0. The average molecular weight is 230 g/mol. The Hall–Kier alpha value is -1.30. The van der Waals surface area contributed by atoms with Crippen molar-refractivity contribution in [3.05, 3.63) is 11.0 Å². The van der Waals surface area contributed by atoms with E-state index in [0.717, 1.165) is 0 Å². The summed E-state index contributed by atoms with van der Waals surface area (Å²) in [5, 5.41) is 9.35. The molecule has 6 heteroatoms. The predicted molar refractivity (Wildman–Crippen MR) is 57.1 cm³/mol. The summed E-state index contributed by atoms with van der Waals surface area (Å²) in [6.07, 6.45) is 2.35. The summed E-state index contributed by atoms with van der Waals surface area (Å²) in [4.78, 5) is 13.7. The SMILES string of the molecule is CCOC(=O)CCCn1c(O)c[nH]c1=S. The summed E-state index contributed by atoms with van der Waals surface area (Å²) in [5.74, 6) is -0.136. The lowest BCUT2D eigenvalue weighted by atomic mass is 10.3. The largest absolute Gasteiger partial charge is 0.493 e. The molecule has 0 aliphatic heterocycles. The third-order valence-electron chi connectivity index (χ3n) is 1.91. The van der Waals surface area contributed by atoms with Crippen molar-refractivity contribution in [2.24, 2.45) is 0 Å². The molecule has 15 heavy (non-hydrogen) atoms. The molecule has 0 atom stereocenters. The number of aromatic hydroxyl groups is 1. The number of aromatic amines is 1. The van der Waals surface area contributed by atoms with Gasteiger partial charge in [-0.2, -0.15) is 0 Å². The molecule has 0 aromatic carbocycles. The fraction of sp³-hybridized carbons (Fsp3) is 0.556. The summed E-state index contributed by atoms with van der Waals surface area (Å²) < 4.78 is 6.77. The molecule has 1 heterocycles. The number of carbonyl (C=O) groups excluding carboxylic acids is 1. The van der Waals surface area contributed by atoms with Crippen LogP contribution in [-0.2, 0) is 16.1 Å². The van der Waals surface area contributed by atoms with E-state index >= 15 is 0 Å². The Morgan fingerprint density at radius 2 is 2.47 bits per heavy atom. The van der Waals surface area contributed by atoms with Crippen molar-refractivity contribution in [1.29, 1.82) is 0 Å². The van der Waals surface area contributed by atoms with Crippen LogP contribution in [0.3, 0.4) is 0 Å². The van der Waals surface area contributed by atoms with Crippen molar-refractivity contribution in [3.8, 4) is 5.88 Å². The second-order valence-electron chi connectivity index (χ2n) is 3.01. The van der Waals surface area contributed by atoms with Crippen LogP contribution in [0.5, 0.6) is 5.88 Å². The van der Waals surface area contributed by atoms with Crippen LogP contribution < -0.4 is 0 Å². The maximum atomic E-state index is 11.0. The van der Waals surface area contributed by atoms with Gasteiger partial charge in [-0.25, -0.2) is 0 Å². The Morgan fingerprint density at radius 3 is 3.00 bits per heavy atom. The van der Waals surface area contributed by atoms with Gasteiger partial charge < -0.3 is 14.8 Å². The lowest BCUT2D eigenvalue weighted by molar-refractivity contribution is -0.143. The molecule has 0 saturated heterocycles. The Kier molecular flexibility index (Phi) is 4.36. The minimum atomic E-state index is -0.223. The number of nitrogens with one attached hydrogen (secondary N) is 1. The number of nitrogens with zero attached hydrogens (tertiary/aromatic N) is 1. The van der Waals surface area contributed by atoms with E-state index < -0.39 is 0 Å². The normalized spacial score (nSPS) is 10.2. The summed E-state index contributed by atoms with van der Waals surface area (Å²) >= 11 is 4.93. The maximum absolute atomic E-state index is 11.0. The number of ether oxygens (including phenoxy) is 1. The molecule has 84 valence electrons. The van der Waals surface area contributed by atoms with E-state index in [2.05, 4.69) is 4.98 Å². The first kappa shape index (κ1) is 11.8. The van der Waals surface area contributed by atoms with Crippen LogP contribution in [0.25, 0.3) is 0 Å². The molecule has 1 rings (SSSR count). The van der Waals surface area contributed by atoms with Gasteiger partial charge in [-0.05, 0) is 25.6 Å². The second kappa shape index (κ2) is 5.55. The Morgan fingerprint density at radius 1 is 1.73 bits per heavy atom. The quantitative estimate of drug-likeness (QED) is 0.595. The number of H-pyrrole nitrogens is 1. The molecule has 0 spiro atoms. The van der Waals surface area contributed by atoms with Crippen LogP contribution in [0.1, 0.15) is 19.8 Å². The Labute approximate surface area is 92.7 Å². The lowest BCUT2D eigenvalue weighted by Gasteiger charge is -2.03. The Bertz CT molecular complexity index is 383. The maximum Gasteiger partial charge on any atom is 0.305 e. The third-order valence-corrected chi connectivity index (χ3v) is 2.25. The van der Waals surface area contributed by atoms with Crippen LogP contribution in [0.15, 0.2) is 6.20 Å². The van der Waals surface area contributed by atoms with Gasteiger partial charge in [-0.15, -0.1) is 0 Å². The van der Waals surface area contributed by atoms with Gasteiger partial charge in [-0.3, -0.25) is 9.36 Å². The van der Waals surface area contributed by atoms with Gasteiger partial charge >= 0.3 is 5.97 Å². The van der Waals surface area contributed by atoms with Crippen LogP contribution >= 0.6 is 12.2 Å². The Balaban J connectivity index is 2.38. The highest BCUT2D eigenvalue weighted by Crippen LogP contribution is 2.10. The van der Waals surface area contributed by atoms with Gasteiger partial charge in [0.1, 0.15) is 0 Å². The molecule has 0 saturated carbocycles. The molecule has 0 aliphatic carbocycles. The van der Waals surface area contributed by atoms with Crippen LogP contribution in [0.2, 0.25) is 0 Å². The molecule has 1 aromatic heterocycles. The van der Waals surface area contributed by atoms with Crippen LogP contribution in [0, 0.1) is 4.77 Å². The van der Waals surface area contributed by atoms with Gasteiger partial charge in [0, 0.05) is 13.0 Å². The number of hydrogen-bond acceptors (Lipinski definition) is 4. The van der Waals surface area contributed by atoms with E-state index in [1.54, 1.807) is 6.92 Å². The van der Waals surface area contributed by atoms with Crippen molar-refractivity contribution >= 4 is 18.2 Å². The highest BCUT2D eigenvalue weighted by Gasteiger charge is 2.04. The number of esters is 1. The number of aromatic nitrogens is 2. The number of rotatable bonds is 5. The first-order valence-electron chi connectivity index (χ1n) is 4.78. The van der Waals surface area contributed by atoms with E-state index in [1.165, 1.54) is 10.8 Å². The number of carbonyl (C=O) groups is 1. The summed E-state index contributed by atoms with van der Waals surface area (Å²) in [6.45, 7) is 2.67. The van der Waals surface area contributed by atoms with E-state index in [-0.39, 0.29) is 11.8 Å². The third kappa shape index (κ3) is 3.39. The number of imidazole rings is 1. The van der Waals surface area contributed by atoms with Gasteiger partial charge in [-0.1, -0.05) is 0 Å². The van der Waals surface area contributed by atoms with Crippen molar-refractivity contribution in [2.75, 3.05) is 6.61 Å². The molecule has 5 nitrogen and oxygen atoms in total. The summed E-state index contributed by atoms with van der Waals surface area (Å²) in [5.41, 5.74) is 0.